The van der Waals surface area contributed by atoms with Crippen LogP contribution in [0.15, 0.2) is 18.5 Å². The maximum atomic E-state index is 4.23. The van der Waals surface area contributed by atoms with Crippen LogP contribution in [-0.4, -0.2) is 25.1 Å². The second kappa shape index (κ2) is 5.17. The summed E-state index contributed by atoms with van der Waals surface area (Å²) in [6, 6.07) is 2.66. The first-order valence-corrected chi connectivity index (χ1v) is 6.86. The van der Waals surface area contributed by atoms with E-state index in [1.54, 1.807) is 0 Å². The highest BCUT2D eigenvalue weighted by Crippen LogP contribution is 2.36. The molecule has 1 aliphatic carbocycles. The normalized spacial score (nSPS) is 19.6. The van der Waals surface area contributed by atoms with Gasteiger partial charge in [0.25, 0.3) is 0 Å². The van der Waals surface area contributed by atoms with E-state index in [4.69, 9.17) is 0 Å². The van der Waals surface area contributed by atoms with Gasteiger partial charge in [0.1, 0.15) is 0 Å². The average Bonchev–Trinajstić information content (AvgIpc) is 2.32. The summed E-state index contributed by atoms with van der Waals surface area (Å²) in [4.78, 5) is 6.37. The van der Waals surface area contributed by atoms with Gasteiger partial charge in [0.2, 0.25) is 0 Å². The molecule has 1 N–H and O–H groups in total. The Hall–Kier alpha value is -1.25. The molecular weight excluding hydrogens is 222 g/mol. The van der Waals surface area contributed by atoms with Crippen LogP contribution < -0.4 is 10.2 Å². The topological polar surface area (TPSA) is 28.2 Å². The average molecular weight is 247 g/mol. The van der Waals surface area contributed by atoms with Crippen molar-refractivity contribution >= 4 is 11.4 Å². The molecule has 0 radical (unpaired) electrons. The van der Waals surface area contributed by atoms with Gasteiger partial charge in [-0.3, -0.25) is 4.98 Å². The van der Waals surface area contributed by atoms with Gasteiger partial charge in [0, 0.05) is 26.3 Å². The predicted molar refractivity (Wildman–Crippen MR) is 78.2 cm³/mol. The molecule has 0 amide bonds. The Kier molecular flexibility index (Phi) is 3.79. The van der Waals surface area contributed by atoms with Gasteiger partial charge in [-0.05, 0) is 37.2 Å². The summed E-state index contributed by atoms with van der Waals surface area (Å²) < 4.78 is 0. The minimum absolute atomic E-state index is 0.525. The van der Waals surface area contributed by atoms with Crippen LogP contribution >= 0.6 is 0 Å². The lowest BCUT2D eigenvalue weighted by Crippen LogP contribution is -2.30. The smallest absolute Gasteiger partial charge is 0.0766 e. The molecular formula is C15H25N3. The second-order valence-corrected chi connectivity index (χ2v) is 6.37. The Morgan fingerprint density at radius 2 is 1.94 bits per heavy atom. The van der Waals surface area contributed by atoms with Crippen molar-refractivity contribution in [2.24, 2.45) is 5.41 Å². The van der Waals surface area contributed by atoms with Gasteiger partial charge in [0.15, 0.2) is 0 Å². The van der Waals surface area contributed by atoms with Crippen molar-refractivity contribution in [2.45, 2.75) is 45.6 Å². The summed E-state index contributed by atoms with van der Waals surface area (Å²) in [6.45, 7) is 4.75. The highest BCUT2D eigenvalue weighted by atomic mass is 15.1. The lowest BCUT2D eigenvalue weighted by Gasteiger charge is -2.35. The predicted octanol–water partition coefficient (Wildman–Crippen LogP) is 3.53. The first kappa shape index (κ1) is 13.2. The van der Waals surface area contributed by atoms with Gasteiger partial charge in [-0.15, -0.1) is 0 Å². The zero-order chi connectivity index (χ0) is 13.2. The summed E-state index contributed by atoms with van der Waals surface area (Å²) in [5, 5.41) is 3.66. The molecule has 1 aliphatic rings. The van der Waals surface area contributed by atoms with Crippen molar-refractivity contribution in [3.05, 3.63) is 18.5 Å². The molecule has 0 spiro atoms. The van der Waals surface area contributed by atoms with Crippen molar-refractivity contribution in [3.63, 3.8) is 0 Å². The van der Waals surface area contributed by atoms with Gasteiger partial charge < -0.3 is 10.2 Å². The molecule has 3 heteroatoms. The third-order valence-electron chi connectivity index (χ3n) is 3.98. The number of nitrogens with zero attached hydrogens (tertiary/aromatic N) is 2. The molecule has 0 aliphatic heterocycles. The summed E-state index contributed by atoms with van der Waals surface area (Å²) >= 11 is 0. The van der Waals surface area contributed by atoms with Gasteiger partial charge in [-0.2, -0.15) is 0 Å². The molecule has 1 fully saturated rings. The fourth-order valence-corrected chi connectivity index (χ4v) is 2.65. The van der Waals surface area contributed by atoms with Gasteiger partial charge >= 0.3 is 0 Å². The number of aromatic nitrogens is 1. The molecule has 1 aromatic heterocycles. The Morgan fingerprint density at radius 3 is 2.56 bits per heavy atom. The molecule has 0 atom stereocenters. The molecule has 0 bridgehead atoms. The molecule has 1 heterocycles. The van der Waals surface area contributed by atoms with Crippen LogP contribution in [0.1, 0.15) is 39.5 Å². The molecule has 18 heavy (non-hydrogen) atoms. The van der Waals surface area contributed by atoms with Crippen molar-refractivity contribution in [3.8, 4) is 0 Å². The van der Waals surface area contributed by atoms with Crippen LogP contribution in [0.5, 0.6) is 0 Å². The minimum Gasteiger partial charge on any atom is -0.379 e. The summed E-state index contributed by atoms with van der Waals surface area (Å²) in [5.74, 6) is 0. The standard InChI is InChI=1S/C15H25N3/c1-15(2)8-5-12(6-9-15)17-13-11-16-10-7-14(13)18(3)4/h7,10-12,17H,5-6,8-9H2,1-4H3. The van der Waals surface area contributed by atoms with Crippen LogP contribution in [0.25, 0.3) is 0 Å². The zero-order valence-corrected chi connectivity index (χ0v) is 12.0. The van der Waals surface area contributed by atoms with E-state index in [1.165, 1.54) is 31.4 Å². The van der Waals surface area contributed by atoms with Crippen molar-refractivity contribution < 1.29 is 0 Å². The lowest BCUT2D eigenvalue weighted by molar-refractivity contribution is 0.232. The van der Waals surface area contributed by atoms with Crippen LogP contribution in [0, 0.1) is 5.41 Å². The molecule has 100 valence electrons. The first-order valence-electron chi connectivity index (χ1n) is 6.86. The number of nitrogens with one attached hydrogen (secondary N) is 1. The summed E-state index contributed by atoms with van der Waals surface area (Å²) in [6.07, 6.45) is 8.92. The number of hydrogen-bond donors (Lipinski definition) is 1. The van der Waals surface area contributed by atoms with Crippen molar-refractivity contribution in [1.82, 2.24) is 4.98 Å². The van der Waals surface area contributed by atoms with E-state index in [9.17, 15) is 0 Å². The fourth-order valence-electron chi connectivity index (χ4n) is 2.65. The quantitative estimate of drug-likeness (QED) is 0.885. The van der Waals surface area contributed by atoms with Gasteiger partial charge in [-0.25, -0.2) is 0 Å². The minimum atomic E-state index is 0.525. The van der Waals surface area contributed by atoms with E-state index in [2.05, 4.69) is 49.2 Å². The Labute approximate surface area is 111 Å². The van der Waals surface area contributed by atoms with E-state index in [0.29, 0.717) is 11.5 Å². The van der Waals surface area contributed by atoms with Gasteiger partial charge in [0.05, 0.1) is 17.6 Å². The lowest BCUT2D eigenvalue weighted by atomic mass is 9.75. The third-order valence-corrected chi connectivity index (χ3v) is 3.98. The fraction of sp³-hybridized carbons (Fsp3) is 0.667. The van der Waals surface area contributed by atoms with Crippen molar-refractivity contribution in [2.75, 3.05) is 24.3 Å². The maximum Gasteiger partial charge on any atom is 0.0766 e. The number of rotatable bonds is 3. The van der Waals surface area contributed by atoms with E-state index in [1.807, 2.05) is 12.4 Å². The van der Waals surface area contributed by atoms with Crippen molar-refractivity contribution in [1.29, 1.82) is 0 Å². The van der Waals surface area contributed by atoms with Crippen LogP contribution in [-0.2, 0) is 0 Å². The maximum absolute atomic E-state index is 4.23. The first-order chi connectivity index (χ1) is 8.48. The van der Waals surface area contributed by atoms with E-state index in [0.717, 1.165) is 5.69 Å². The molecule has 0 unspecified atom stereocenters. The monoisotopic (exact) mass is 247 g/mol. The molecule has 3 nitrogen and oxygen atoms in total. The highest BCUT2D eigenvalue weighted by molar-refractivity contribution is 5.68. The Bertz CT molecular complexity index is 388. The summed E-state index contributed by atoms with van der Waals surface area (Å²) in [7, 11) is 4.15. The van der Waals surface area contributed by atoms with Crippen LogP contribution in [0.2, 0.25) is 0 Å². The zero-order valence-electron chi connectivity index (χ0n) is 12.0. The van der Waals surface area contributed by atoms with E-state index < -0.39 is 0 Å². The van der Waals surface area contributed by atoms with Gasteiger partial charge in [-0.1, -0.05) is 13.8 Å². The molecule has 0 aromatic carbocycles. The van der Waals surface area contributed by atoms with E-state index >= 15 is 0 Å². The van der Waals surface area contributed by atoms with Crippen LogP contribution in [0.4, 0.5) is 11.4 Å². The molecule has 1 saturated carbocycles. The second-order valence-electron chi connectivity index (χ2n) is 6.37. The number of anilines is 2. The Balaban J connectivity index is 2.02. The SMILES string of the molecule is CN(C)c1ccncc1NC1CCC(C)(C)CC1. The number of pyridine rings is 1. The third kappa shape index (κ3) is 3.15. The molecule has 0 saturated heterocycles. The largest absolute Gasteiger partial charge is 0.379 e. The van der Waals surface area contributed by atoms with E-state index in [-0.39, 0.29) is 0 Å². The molecule has 1 aromatic rings. The van der Waals surface area contributed by atoms with Crippen LogP contribution in [0.3, 0.4) is 0 Å². The summed E-state index contributed by atoms with van der Waals surface area (Å²) in [5.41, 5.74) is 2.90. The number of hydrogen-bond acceptors (Lipinski definition) is 3. The Morgan fingerprint density at radius 1 is 1.28 bits per heavy atom. The molecule has 2 rings (SSSR count). The highest BCUT2D eigenvalue weighted by Gasteiger charge is 2.27.